The highest BCUT2D eigenvalue weighted by Gasteiger charge is 2.58. The number of ether oxygens (including phenoxy) is 1. The predicted molar refractivity (Wildman–Crippen MR) is 138 cm³/mol. The molecule has 10 heteroatoms. The van der Waals surface area contributed by atoms with E-state index in [-0.39, 0.29) is 32.1 Å². The van der Waals surface area contributed by atoms with Gasteiger partial charge in [0.15, 0.2) is 0 Å². The first-order chi connectivity index (χ1) is 18.7. The van der Waals surface area contributed by atoms with Gasteiger partial charge in [-0.15, -0.1) is 0 Å². The number of alkyl halides is 4. The first-order valence-electron chi connectivity index (χ1n) is 13.5. The highest BCUT2D eigenvalue weighted by molar-refractivity contribution is 5.86. The van der Waals surface area contributed by atoms with Crippen LogP contribution in [0.2, 0.25) is 0 Å². The van der Waals surface area contributed by atoms with Crippen molar-refractivity contribution in [3.63, 3.8) is 0 Å². The Balaban J connectivity index is 1.51. The molecule has 2 N–H and O–H groups in total. The summed E-state index contributed by atoms with van der Waals surface area (Å²) in [6.45, 7) is 0.853. The van der Waals surface area contributed by atoms with Crippen LogP contribution in [0.25, 0.3) is 0 Å². The molecule has 216 valence electrons. The zero-order valence-electron chi connectivity index (χ0n) is 22.4. The predicted octanol–water partition coefficient (Wildman–Crippen LogP) is 5.09. The maximum absolute atomic E-state index is 14.9. The zero-order valence-corrected chi connectivity index (χ0v) is 22.4. The van der Waals surface area contributed by atoms with Gasteiger partial charge in [0.05, 0.1) is 13.0 Å². The number of benzene rings is 2. The second kappa shape index (κ2) is 9.75. The quantitative estimate of drug-likeness (QED) is 0.479. The Hall–Kier alpha value is -3.14. The largest absolute Gasteiger partial charge is 0.497 e. The molecule has 0 spiro atoms. The average Bonchev–Trinajstić information content (AvgIpc) is 3.41. The molecule has 3 aliphatic rings. The SMILES string of the molecule is COc1ccc(CC23CCN(C(=O)C4(O)CCC(C(=O)O)CC4)C2Cc2cc(C(C)(F)C(F)(F)F)ccc23)cc1. The molecule has 3 atom stereocenters. The molecule has 5 rings (SSSR count). The van der Waals surface area contributed by atoms with Crippen LogP contribution < -0.4 is 4.74 Å². The fraction of sp³-hybridized carbons (Fsp3) is 0.533. The minimum Gasteiger partial charge on any atom is -0.497 e. The van der Waals surface area contributed by atoms with Gasteiger partial charge in [-0.1, -0.05) is 30.3 Å². The second-order valence-electron chi connectivity index (χ2n) is 11.7. The monoisotopic (exact) mass is 563 g/mol. The van der Waals surface area contributed by atoms with Crippen LogP contribution in [0.1, 0.15) is 61.3 Å². The summed E-state index contributed by atoms with van der Waals surface area (Å²) in [6, 6.07) is 11.0. The fourth-order valence-electron chi connectivity index (χ4n) is 6.95. The summed E-state index contributed by atoms with van der Waals surface area (Å²) in [5.41, 5.74) is -4.07. The van der Waals surface area contributed by atoms with Gasteiger partial charge in [0.2, 0.25) is 5.67 Å². The third-order valence-corrected chi connectivity index (χ3v) is 9.44. The Labute approximate surface area is 229 Å². The van der Waals surface area contributed by atoms with Gasteiger partial charge in [0.25, 0.3) is 5.91 Å². The van der Waals surface area contributed by atoms with Gasteiger partial charge in [-0.2, -0.15) is 13.2 Å². The molecule has 2 aromatic rings. The molecule has 0 radical (unpaired) electrons. The summed E-state index contributed by atoms with van der Waals surface area (Å²) in [5.74, 6) is -1.36. The molecule has 1 heterocycles. The number of fused-ring (bicyclic) bond motifs is 3. The molecule has 1 aliphatic heterocycles. The van der Waals surface area contributed by atoms with Crippen molar-refractivity contribution in [3.05, 3.63) is 64.7 Å². The third kappa shape index (κ3) is 4.54. The minimum absolute atomic E-state index is 0.0282. The van der Waals surface area contributed by atoms with Crippen molar-refractivity contribution in [2.45, 2.75) is 80.8 Å². The van der Waals surface area contributed by atoms with Crippen LogP contribution in [-0.2, 0) is 33.5 Å². The van der Waals surface area contributed by atoms with E-state index in [1.54, 1.807) is 18.1 Å². The van der Waals surface area contributed by atoms with E-state index in [2.05, 4.69) is 0 Å². The molecular formula is C30H33F4NO5. The van der Waals surface area contributed by atoms with Crippen LogP contribution in [0.3, 0.4) is 0 Å². The molecule has 1 saturated heterocycles. The average molecular weight is 564 g/mol. The van der Waals surface area contributed by atoms with E-state index in [0.29, 0.717) is 37.6 Å². The Bertz CT molecular complexity index is 1300. The number of rotatable bonds is 6. The number of carbonyl (C=O) groups excluding carboxylic acids is 1. The van der Waals surface area contributed by atoms with Gasteiger partial charge >= 0.3 is 12.1 Å². The molecule has 0 aromatic heterocycles. The van der Waals surface area contributed by atoms with E-state index < -0.39 is 52.3 Å². The molecule has 0 bridgehead atoms. The number of methoxy groups -OCH3 is 1. The minimum atomic E-state index is -5.09. The van der Waals surface area contributed by atoms with E-state index in [1.807, 2.05) is 24.3 Å². The topological polar surface area (TPSA) is 87.1 Å². The number of aliphatic carboxylic acids is 1. The summed E-state index contributed by atoms with van der Waals surface area (Å²) >= 11 is 0. The number of nitrogens with zero attached hydrogens (tertiary/aromatic N) is 1. The van der Waals surface area contributed by atoms with E-state index >= 15 is 0 Å². The Kier molecular flexibility index (Phi) is 6.92. The van der Waals surface area contributed by atoms with Crippen LogP contribution in [0.5, 0.6) is 5.75 Å². The van der Waals surface area contributed by atoms with Crippen LogP contribution in [-0.4, -0.2) is 58.5 Å². The van der Waals surface area contributed by atoms with Gasteiger partial charge in [0.1, 0.15) is 11.4 Å². The number of carboxylic acid groups (broad SMARTS) is 1. The van der Waals surface area contributed by atoms with Gasteiger partial charge < -0.3 is 19.8 Å². The van der Waals surface area contributed by atoms with Crippen LogP contribution >= 0.6 is 0 Å². The Morgan fingerprint density at radius 3 is 2.27 bits per heavy atom. The van der Waals surface area contributed by atoms with Crippen LogP contribution in [0.4, 0.5) is 17.6 Å². The van der Waals surface area contributed by atoms with E-state index in [0.717, 1.165) is 11.1 Å². The van der Waals surface area contributed by atoms with Crippen molar-refractivity contribution < 1.29 is 42.1 Å². The van der Waals surface area contributed by atoms with Crippen LogP contribution in [0.15, 0.2) is 42.5 Å². The van der Waals surface area contributed by atoms with Gasteiger partial charge in [-0.25, -0.2) is 4.39 Å². The number of aliphatic hydroxyl groups is 1. The van der Waals surface area contributed by atoms with Crippen LogP contribution in [0, 0.1) is 5.92 Å². The van der Waals surface area contributed by atoms with E-state index in [9.17, 15) is 37.4 Å². The molecule has 6 nitrogen and oxygen atoms in total. The number of carboxylic acids is 1. The molecular weight excluding hydrogens is 530 g/mol. The summed E-state index contributed by atoms with van der Waals surface area (Å²) in [5, 5.41) is 20.7. The number of likely N-dealkylation sites (tertiary alicyclic amines) is 1. The normalized spacial score (nSPS) is 29.4. The molecule has 2 aromatic carbocycles. The highest BCUT2D eigenvalue weighted by atomic mass is 19.4. The third-order valence-electron chi connectivity index (χ3n) is 9.44. The van der Waals surface area contributed by atoms with E-state index in [1.165, 1.54) is 12.1 Å². The summed E-state index contributed by atoms with van der Waals surface area (Å²) < 4.78 is 60.7. The lowest BCUT2D eigenvalue weighted by Crippen LogP contribution is -2.54. The maximum atomic E-state index is 14.9. The smallest absolute Gasteiger partial charge is 0.426 e. The number of halogens is 4. The lowest BCUT2D eigenvalue weighted by Gasteiger charge is -2.39. The second-order valence-corrected chi connectivity index (χ2v) is 11.7. The molecule has 1 amide bonds. The number of amides is 1. The van der Waals surface area contributed by atoms with Crippen molar-refractivity contribution in [3.8, 4) is 5.75 Å². The molecule has 40 heavy (non-hydrogen) atoms. The van der Waals surface area contributed by atoms with Gasteiger partial charge in [-0.05, 0) is 86.3 Å². The number of carbonyl (C=O) groups is 2. The van der Waals surface area contributed by atoms with Crippen molar-refractivity contribution in [2.24, 2.45) is 5.92 Å². The Morgan fingerprint density at radius 1 is 1.05 bits per heavy atom. The number of hydrogen-bond acceptors (Lipinski definition) is 4. The number of hydrogen-bond donors (Lipinski definition) is 2. The first-order valence-corrected chi connectivity index (χ1v) is 13.5. The van der Waals surface area contributed by atoms with Gasteiger partial charge in [-0.3, -0.25) is 9.59 Å². The lowest BCUT2D eigenvalue weighted by atomic mass is 9.73. The van der Waals surface area contributed by atoms with Crippen molar-refractivity contribution >= 4 is 11.9 Å². The van der Waals surface area contributed by atoms with E-state index in [4.69, 9.17) is 4.74 Å². The summed E-state index contributed by atoms with van der Waals surface area (Å²) in [7, 11) is 1.56. The maximum Gasteiger partial charge on any atom is 0.426 e. The zero-order chi connectivity index (χ0) is 29.1. The van der Waals surface area contributed by atoms with Gasteiger partial charge in [0, 0.05) is 18.0 Å². The summed E-state index contributed by atoms with van der Waals surface area (Å²) in [4.78, 5) is 26.9. The molecule has 1 saturated carbocycles. The van der Waals surface area contributed by atoms with Crippen molar-refractivity contribution in [2.75, 3.05) is 13.7 Å². The molecule has 2 aliphatic carbocycles. The first kappa shape index (κ1) is 28.4. The summed E-state index contributed by atoms with van der Waals surface area (Å²) in [6.07, 6.45) is -3.43. The lowest BCUT2D eigenvalue weighted by molar-refractivity contribution is -0.228. The van der Waals surface area contributed by atoms with Crippen molar-refractivity contribution in [1.82, 2.24) is 4.90 Å². The molecule has 3 unspecified atom stereocenters. The molecule has 2 fully saturated rings. The van der Waals surface area contributed by atoms with Crippen molar-refractivity contribution in [1.29, 1.82) is 0 Å². The standard InChI is InChI=1S/C30H33F4NO5/c1-27(31,30(32,33)34)21-5-8-23-20(15-21)16-24-28(23,17-18-3-6-22(40-2)7-4-18)13-14-35(24)26(38)29(39)11-9-19(10-12-29)25(36)37/h3-8,15,19,24,39H,9-14,16-17H2,1-2H3,(H,36,37). The fourth-order valence-corrected chi connectivity index (χ4v) is 6.95. The Morgan fingerprint density at radius 2 is 1.70 bits per heavy atom. The highest BCUT2D eigenvalue weighted by Crippen LogP contribution is 2.53.